The lowest BCUT2D eigenvalue weighted by atomic mass is 10.1. The fourth-order valence-corrected chi connectivity index (χ4v) is 3.35. The van der Waals surface area contributed by atoms with Crippen LogP contribution in [0.25, 0.3) is 5.69 Å². The molecule has 0 aliphatic heterocycles. The van der Waals surface area contributed by atoms with Crippen LogP contribution < -0.4 is 10.2 Å². The lowest BCUT2D eigenvalue weighted by Crippen LogP contribution is -2.33. The van der Waals surface area contributed by atoms with Gasteiger partial charge in [-0.15, -0.1) is 0 Å². The molecule has 0 aliphatic carbocycles. The average Bonchev–Trinajstić information content (AvgIpc) is 3.60. The maximum absolute atomic E-state index is 12.7. The highest BCUT2D eigenvalue weighted by Gasteiger charge is 2.20. The quantitative estimate of drug-likeness (QED) is 0.406. The summed E-state index contributed by atoms with van der Waals surface area (Å²) in [6, 6.07) is 20.9. The highest BCUT2D eigenvalue weighted by Crippen LogP contribution is 2.20. The van der Waals surface area contributed by atoms with Gasteiger partial charge in [-0.1, -0.05) is 12.1 Å². The van der Waals surface area contributed by atoms with E-state index in [1.807, 2.05) is 29.1 Å². The maximum atomic E-state index is 12.7. The number of nitrogens with one attached hydrogen (secondary N) is 1. The van der Waals surface area contributed by atoms with Gasteiger partial charge in [0, 0.05) is 25.1 Å². The molecular weight excluding hydrogens is 434 g/mol. The van der Waals surface area contributed by atoms with Crippen LogP contribution in [-0.4, -0.2) is 36.0 Å². The third-order valence-corrected chi connectivity index (χ3v) is 5.22. The number of para-hydroxylation sites is 1. The third-order valence-electron chi connectivity index (χ3n) is 5.22. The highest BCUT2D eigenvalue weighted by molar-refractivity contribution is 6.05. The number of carbonyl (C=O) groups is 3. The van der Waals surface area contributed by atoms with Crippen LogP contribution in [0.4, 0.5) is 5.69 Å². The SMILES string of the molecule is CN(C(=O)COC(=O)c1ccc(-n2cccc2)cc1)c1ccccc1C(=O)NCc1ccco1. The first-order chi connectivity index (χ1) is 16.5. The van der Waals surface area contributed by atoms with Gasteiger partial charge in [-0.05, 0) is 60.7 Å². The Balaban J connectivity index is 1.36. The number of hydrogen-bond donors (Lipinski definition) is 1. The van der Waals surface area contributed by atoms with Crippen molar-refractivity contribution in [3.05, 3.63) is 108 Å². The molecule has 4 rings (SSSR count). The Kier molecular flexibility index (Phi) is 6.88. The molecule has 4 aromatic rings. The number of amides is 2. The predicted molar refractivity (Wildman–Crippen MR) is 126 cm³/mol. The molecule has 2 heterocycles. The zero-order valence-corrected chi connectivity index (χ0v) is 18.5. The minimum absolute atomic E-state index is 0.221. The van der Waals surface area contributed by atoms with Crippen LogP contribution in [0.5, 0.6) is 0 Å². The van der Waals surface area contributed by atoms with Gasteiger partial charge in [0.25, 0.3) is 11.8 Å². The standard InChI is InChI=1S/C26H23N3O5/c1-28(23-9-3-2-8-22(23)25(31)27-17-21-7-6-16-33-21)24(30)18-34-26(32)19-10-12-20(13-11-19)29-14-4-5-15-29/h2-16H,17-18H2,1H3,(H,27,31). The molecule has 8 nitrogen and oxygen atoms in total. The number of aromatic nitrogens is 1. The first kappa shape index (κ1) is 22.6. The number of esters is 1. The first-order valence-corrected chi connectivity index (χ1v) is 10.6. The normalized spacial score (nSPS) is 10.5. The Morgan fingerprint density at radius 1 is 0.941 bits per heavy atom. The number of rotatable bonds is 8. The Hall–Kier alpha value is -4.59. The number of nitrogens with zero attached hydrogens (tertiary/aromatic N) is 2. The number of benzene rings is 2. The average molecular weight is 457 g/mol. The number of furan rings is 1. The summed E-state index contributed by atoms with van der Waals surface area (Å²) in [6.07, 6.45) is 5.33. The molecular formula is C26H23N3O5. The summed E-state index contributed by atoms with van der Waals surface area (Å²) >= 11 is 0. The van der Waals surface area contributed by atoms with Gasteiger partial charge < -0.3 is 23.9 Å². The van der Waals surface area contributed by atoms with Gasteiger partial charge >= 0.3 is 5.97 Å². The van der Waals surface area contributed by atoms with E-state index in [1.54, 1.807) is 60.7 Å². The summed E-state index contributed by atoms with van der Waals surface area (Å²) in [4.78, 5) is 39.1. The van der Waals surface area contributed by atoms with Gasteiger partial charge in [-0.3, -0.25) is 9.59 Å². The summed E-state index contributed by atoms with van der Waals surface area (Å²) < 4.78 is 12.3. The summed E-state index contributed by atoms with van der Waals surface area (Å²) in [6.45, 7) is -0.240. The maximum Gasteiger partial charge on any atom is 0.338 e. The molecule has 2 amide bonds. The second kappa shape index (κ2) is 10.4. The zero-order chi connectivity index (χ0) is 23.9. The minimum Gasteiger partial charge on any atom is -0.467 e. The zero-order valence-electron chi connectivity index (χ0n) is 18.5. The van der Waals surface area contributed by atoms with Gasteiger partial charge in [0.1, 0.15) is 5.76 Å². The van der Waals surface area contributed by atoms with Crippen molar-refractivity contribution < 1.29 is 23.5 Å². The second-order valence-electron chi connectivity index (χ2n) is 7.45. The molecule has 0 spiro atoms. The van der Waals surface area contributed by atoms with Crippen LogP contribution in [0.15, 0.2) is 95.9 Å². The molecule has 2 aromatic carbocycles. The number of ether oxygens (including phenoxy) is 1. The van der Waals surface area contributed by atoms with Crippen LogP contribution in [-0.2, 0) is 16.1 Å². The lowest BCUT2D eigenvalue weighted by Gasteiger charge is -2.20. The molecule has 0 aliphatic rings. The topological polar surface area (TPSA) is 93.8 Å². The molecule has 2 aromatic heterocycles. The van der Waals surface area contributed by atoms with E-state index in [0.717, 1.165) is 5.69 Å². The van der Waals surface area contributed by atoms with E-state index < -0.39 is 18.5 Å². The van der Waals surface area contributed by atoms with E-state index in [2.05, 4.69) is 5.32 Å². The molecule has 172 valence electrons. The smallest absolute Gasteiger partial charge is 0.338 e. The Morgan fingerprint density at radius 2 is 1.68 bits per heavy atom. The van der Waals surface area contributed by atoms with Crippen LogP contribution in [0.1, 0.15) is 26.5 Å². The number of carbonyl (C=O) groups excluding carboxylic acids is 3. The Bertz CT molecular complexity index is 1260. The lowest BCUT2D eigenvalue weighted by molar-refractivity contribution is -0.121. The van der Waals surface area contributed by atoms with Crippen molar-refractivity contribution >= 4 is 23.5 Å². The predicted octanol–water partition coefficient (Wildman–Crippen LogP) is 3.82. The first-order valence-electron chi connectivity index (χ1n) is 10.6. The van der Waals surface area contributed by atoms with Crippen molar-refractivity contribution in [3.63, 3.8) is 0 Å². The third kappa shape index (κ3) is 5.24. The molecule has 1 N–H and O–H groups in total. The van der Waals surface area contributed by atoms with E-state index >= 15 is 0 Å². The molecule has 0 bridgehead atoms. The van der Waals surface area contributed by atoms with Gasteiger partial charge in [-0.2, -0.15) is 0 Å². The van der Waals surface area contributed by atoms with E-state index in [4.69, 9.17) is 9.15 Å². The van der Waals surface area contributed by atoms with E-state index in [9.17, 15) is 14.4 Å². The summed E-state index contributed by atoms with van der Waals surface area (Å²) in [5, 5.41) is 2.76. The number of hydrogen-bond acceptors (Lipinski definition) is 5. The van der Waals surface area contributed by atoms with Crippen molar-refractivity contribution in [3.8, 4) is 5.69 Å². The molecule has 0 saturated heterocycles. The fourth-order valence-electron chi connectivity index (χ4n) is 3.35. The molecule has 0 fully saturated rings. The Labute approximate surface area is 196 Å². The van der Waals surface area contributed by atoms with Crippen molar-refractivity contribution in [2.45, 2.75) is 6.54 Å². The van der Waals surface area contributed by atoms with Crippen LogP contribution >= 0.6 is 0 Å². The van der Waals surface area contributed by atoms with Gasteiger partial charge in [0.15, 0.2) is 6.61 Å². The number of likely N-dealkylation sites (N-methyl/N-ethyl adjacent to an activating group) is 1. The molecule has 0 radical (unpaired) electrons. The van der Waals surface area contributed by atoms with Gasteiger partial charge in [0.2, 0.25) is 0 Å². The summed E-state index contributed by atoms with van der Waals surface area (Å²) in [7, 11) is 1.53. The van der Waals surface area contributed by atoms with Crippen molar-refractivity contribution in [2.75, 3.05) is 18.6 Å². The monoisotopic (exact) mass is 457 g/mol. The largest absolute Gasteiger partial charge is 0.467 e. The van der Waals surface area contributed by atoms with Gasteiger partial charge in [-0.25, -0.2) is 4.79 Å². The molecule has 8 heteroatoms. The summed E-state index contributed by atoms with van der Waals surface area (Å²) in [5.41, 5.74) is 1.96. The van der Waals surface area contributed by atoms with E-state index in [0.29, 0.717) is 22.6 Å². The highest BCUT2D eigenvalue weighted by atomic mass is 16.5. The van der Waals surface area contributed by atoms with Crippen LogP contribution in [0, 0.1) is 0 Å². The molecule has 0 atom stereocenters. The van der Waals surface area contributed by atoms with Gasteiger partial charge in [0.05, 0.1) is 29.6 Å². The van der Waals surface area contributed by atoms with Crippen molar-refractivity contribution in [1.82, 2.24) is 9.88 Å². The molecule has 0 saturated carbocycles. The van der Waals surface area contributed by atoms with E-state index in [1.165, 1.54) is 18.2 Å². The second-order valence-corrected chi connectivity index (χ2v) is 7.45. The van der Waals surface area contributed by atoms with Crippen molar-refractivity contribution in [1.29, 1.82) is 0 Å². The summed E-state index contributed by atoms with van der Waals surface area (Å²) in [5.74, 6) is -0.816. The minimum atomic E-state index is -0.606. The molecule has 34 heavy (non-hydrogen) atoms. The Morgan fingerprint density at radius 3 is 2.38 bits per heavy atom. The van der Waals surface area contributed by atoms with E-state index in [-0.39, 0.29) is 12.5 Å². The van der Waals surface area contributed by atoms with Crippen LogP contribution in [0.3, 0.4) is 0 Å². The van der Waals surface area contributed by atoms with Crippen LogP contribution in [0.2, 0.25) is 0 Å². The van der Waals surface area contributed by atoms with Crippen molar-refractivity contribution in [2.24, 2.45) is 0 Å². The fraction of sp³-hybridized carbons (Fsp3) is 0.115. The molecule has 0 unspecified atom stereocenters. The number of anilines is 1.